The molecule has 2 heterocycles. The molecule has 4 aromatic carbocycles. The molecule has 8 nitrogen and oxygen atoms in total. The van der Waals surface area contributed by atoms with E-state index in [0.717, 1.165) is 22.1 Å². The van der Waals surface area contributed by atoms with E-state index < -0.39 is 0 Å². The Balaban J connectivity index is 1.28. The molecule has 1 unspecified atom stereocenters. The highest BCUT2D eigenvalue weighted by molar-refractivity contribution is 5.98. The number of rotatable bonds is 9. The van der Waals surface area contributed by atoms with Crippen molar-refractivity contribution < 1.29 is 13.9 Å². The van der Waals surface area contributed by atoms with Crippen LogP contribution in [-0.2, 0) is 0 Å². The van der Waals surface area contributed by atoms with Gasteiger partial charge in [0.1, 0.15) is 17.1 Å². The average molecular weight is 530 g/mol. The van der Waals surface area contributed by atoms with Crippen molar-refractivity contribution in [1.29, 1.82) is 0 Å². The Morgan fingerprint density at radius 3 is 2.27 bits per heavy atom. The van der Waals surface area contributed by atoms with Crippen LogP contribution >= 0.6 is 0 Å². The summed E-state index contributed by atoms with van der Waals surface area (Å²) < 4.78 is 12.5. The Bertz CT molecular complexity index is 1680. The minimum absolute atomic E-state index is 0.188. The van der Waals surface area contributed by atoms with Crippen LogP contribution in [0.4, 0.5) is 0 Å². The average Bonchev–Trinajstić information content (AvgIpc) is 3.70. The Labute approximate surface area is 231 Å². The number of carbonyl (C=O) groups is 1. The number of tetrazole rings is 1. The van der Waals surface area contributed by atoms with Crippen molar-refractivity contribution >= 4 is 16.9 Å². The molecule has 0 aliphatic heterocycles. The number of hydrogen-bond acceptors (Lipinski definition) is 6. The van der Waals surface area contributed by atoms with Gasteiger partial charge in [0.2, 0.25) is 5.82 Å². The molecule has 2 N–H and O–H groups in total. The monoisotopic (exact) mass is 529 g/mol. The Morgan fingerprint density at radius 1 is 0.900 bits per heavy atom. The number of furan rings is 1. The summed E-state index contributed by atoms with van der Waals surface area (Å²) in [6.45, 7) is 2.00. The van der Waals surface area contributed by atoms with Crippen LogP contribution in [-0.4, -0.2) is 26.5 Å². The van der Waals surface area contributed by atoms with Gasteiger partial charge in [0, 0.05) is 10.9 Å². The minimum atomic E-state index is -0.359. The van der Waals surface area contributed by atoms with E-state index >= 15 is 0 Å². The van der Waals surface area contributed by atoms with Crippen molar-refractivity contribution in [1.82, 2.24) is 25.9 Å². The Morgan fingerprint density at radius 2 is 1.60 bits per heavy atom. The number of fused-ring (bicyclic) bond motifs is 1. The van der Waals surface area contributed by atoms with Crippen molar-refractivity contribution in [3.05, 3.63) is 132 Å². The summed E-state index contributed by atoms with van der Waals surface area (Å²) in [6, 6.07) is 34.7. The van der Waals surface area contributed by atoms with Crippen LogP contribution in [0.15, 0.2) is 114 Å². The molecule has 40 heavy (non-hydrogen) atoms. The van der Waals surface area contributed by atoms with Crippen molar-refractivity contribution in [2.45, 2.75) is 25.5 Å². The minimum Gasteiger partial charge on any atom is -0.482 e. The number of nitrogens with zero attached hydrogens (tertiary/aromatic N) is 3. The molecular weight excluding hydrogens is 502 g/mol. The predicted octanol–water partition coefficient (Wildman–Crippen LogP) is 6.66. The quantitative estimate of drug-likeness (QED) is 0.217. The lowest BCUT2D eigenvalue weighted by molar-refractivity contribution is 0.0943. The Kier molecular flexibility index (Phi) is 7.05. The standard InChI is InChI=1S/C32H27N5O3/c1-2-26(31-34-36-37-35-31)39-27-16-10-9-15-25(27)29-19-23-17-18-24(20-28(23)40-29)32(38)33-30(21-11-5-3-6-12-21)22-13-7-4-8-14-22/h3-20,26,30H,2H2,1H3,(H,33,38)(H,34,35,36,37). The van der Waals surface area contributed by atoms with Crippen LogP contribution < -0.4 is 10.1 Å². The Hall–Kier alpha value is -5.24. The molecule has 198 valence electrons. The summed E-state index contributed by atoms with van der Waals surface area (Å²) in [5, 5.41) is 18.4. The normalized spacial score (nSPS) is 11.9. The lowest BCUT2D eigenvalue weighted by Gasteiger charge is -2.20. The van der Waals surface area contributed by atoms with E-state index in [2.05, 4.69) is 25.9 Å². The van der Waals surface area contributed by atoms with Crippen molar-refractivity contribution in [2.24, 2.45) is 0 Å². The molecule has 0 saturated heterocycles. The summed E-state index contributed by atoms with van der Waals surface area (Å²) in [5.74, 6) is 1.58. The summed E-state index contributed by atoms with van der Waals surface area (Å²) in [5.41, 5.74) is 3.92. The summed E-state index contributed by atoms with van der Waals surface area (Å²) in [7, 11) is 0. The largest absolute Gasteiger partial charge is 0.482 e. The zero-order chi connectivity index (χ0) is 27.3. The number of ether oxygens (including phenoxy) is 1. The van der Waals surface area contributed by atoms with Gasteiger partial charge in [-0.15, -0.1) is 10.2 Å². The van der Waals surface area contributed by atoms with Crippen LogP contribution in [0.25, 0.3) is 22.3 Å². The molecule has 0 fully saturated rings. The van der Waals surface area contributed by atoms with Gasteiger partial charge < -0.3 is 14.5 Å². The number of H-pyrrole nitrogens is 1. The molecule has 6 aromatic rings. The lowest BCUT2D eigenvalue weighted by Crippen LogP contribution is -2.29. The van der Waals surface area contributed by atoms with Crippen LogP contribution in [0.3, 0.4) is 0 Å². The second-order valence-corrected chi connectivity index (χ2v) is 9.37. The molecule has 1 atom stereocenters. The van der Waals surface area contributed by atoms with E-state index in [0.29, 0.717) is 34.9 Å². The summed E-state index contributed by atoms with van der Waals surface area (Å²) >= 11 is 0. The first kappa shape index (κ1) is 25.1. The van der Waals surface area contributed by atoms with Gasteiger partial charge in [-0.2, -0.15) is 5.21 Å². The molecule has 0 bridgehead atoms. The highest BCUT2D eigenvalue weighted by Crippen LogP contribution is 2.36. The number of para-hydroxylation sites is 1. The van der Waals surface area contributed by atoms with Crippen LogP contribution in [0.2, 0.25) is 0 Å². The first-order valence-electron chi connectivity index (χ1n) is 13.1. The fraction of sp³-hybridized carbons (Fsp3) is 0.125. The fourth-order valence-corrected chi connectivity index (χ4v) is 4.72. The maximum Gasteiger partial charge on any atom is 0.252 e. The maximum atomic E-state index is 13.5. The first-order chi connectivity index (χ1) is 19.7. The topological polar surface area (TPSA) is 106 Å². The number of aromatic nitrogens is 4. The van der Waals surface area contributed by atoms with Gasteiger partial charge in [0.15, 0.2) is 6.10 Å². The van der Waals surface area contributed by atoms with E-state index in [1.54, 1.807) is 6.07 Å². The SMILES string of the molecule is CCC(Oc1ccccc1-c1cc2ccc(C(=O)NC(c3ccccc3)c3ccccc3)cc2o1)c1nn[nH]n1. The van der Waals surface area contributed by atoms with Gasteiger partial charge in [-0.25, -0.2) is 0 Å². The summed E-state index contributed by atoms with van der Waals surface area (Å²) in [4.78, 5) is 13.5. The number of aromatic amines is 1. The number of hydrogen-bond donors (Lipinski definition) is 2. The van der Waals surface area contributed by atoms with Gasteiger partial charge in [0.25, 0.3) is 5.91 Å². The molecule has 8 heteroatoms. The molecule has 0 aliphatic carbocycles. The number of amides is 1. The van der Waals surface area contributed by atoms with Crippen LogP contribution in [0.1, 0.15) is 52.8 Å². The van der Waals surface area contributed by atoms with Crippen LogP contribution in [0, 0.1) is 0 Å². The van der Waals surface area contributed by atoms with Gasteiger partial charge in [-0.3, -0.25) is 4.79 Å². The number of nitrogens with one attached hydrogen (secondary N) is 2. The third-order valence-corrected chi connectivity index (χ3v) is 6.77. The van der Waals surface area contributed by atoms with Crippen molar-refractivity contribution in [3.63, 3.8) is 0 Å². The maximum absolute atomic E-state index is 13.5. The van der Waals surface area contributed by atoms with Crippen molar-refractivity contribution in [2.75, 3.05) is 0 Å². The second-order valence-electron chi connectivity index (χ2n) is 9.37. The third-order valence-electron chi connectivity index (χ3n) is 6.77. The highest BCUT2D eigenvalue weighted by Gasteiger charge is 2.21. The van der Waals surface area contributed by atoms with Gasteiger partial charge in [0.05, 0.1) is 11.6 Å². The van der Waals surface area contributed by atoms with E-state index in [1.807, 2.05) is 110 Å². The van der Waals surface area contributed by atoms with Gasteiger partial charge in [-0.05, 0) is 47.9 Å². The van der Waals surface area contributed by atoms with Gasteiger partial charge in [-0.1, -0.05) is 91.0 Å². The third kappa shape index (κ3) is 5.19. The molecule has 1 amide bonds. The number of carbonyl (C=O) groups excluding carboxylic acids is 1. The second kappa shape index (κ2) is 11.2. The van der Waals surface area contributed by atoms with Crippen molar-refractivity contribution in [3.8, 4) is 17.1 Å². The molecule has 0 aliphatic rings. The smallest absolute Gasteiger partial charge is 0.252 e. The number of benzene rings is 4. The predicted molar refractivity (Wildman–Crippen MR) is 152 cm³/mol. The first-order valence-corrected chi connectivity index (χ1v) is 13.1. The lowest BCUT2D eigenvalue weighted by atomic mass is 9.98. The van der Waals surface area contributed by atoms with E-state index in [1.165, 1.54) is 0 Å². The molecule has 6 rings (SSSR count). The molecule has 2 aromatic heterocycles. The molecular formula is C32H27N5O3. The van der Waals surface area contributed by atoms with Gasteiger partial charge >= 0.3 is 0 Å². The van der Waals surface area contributed by atoms with E-state index in [9.17, 15) is 4.79 Å². The van der Waals surface area contributed by atoms with E-state index in [4.69, 9.17) is 9.15 Å². The fourth-order valence-electron chi connectivity index (χ4n) is 4.72. The summed E-state index contributed by atoms with van der Waals surface area (Å²) in [6.07, 6.45) is 0.307. The molecule has 0 radical (unpaired) electrons. The zero-order valence-electron chi connectivity index (χ0n) is 21.8. The highest BCUT2D eigenvalue weighted by atomic mass is 16.5. The molecule has 0 saturated carbocycles. The van der Waals surface area contributed by atoms with E-state index in [-0.39, 0.29) is 18.1 Å². The van der Waals surface area contributed by atoms with Crippen LogP contribution in [0.5, 0.6) is 5.75 Å². The molecule has 0 spiro atoms. The zero-order valence-corrected chi connectivity index (χ0v) is 21.8.